The number of hydrogen-bond donors (Lipinski definition) is 1. The molecular formula is C13H21NO3S. The average Bonchev–Trinajstić information content (AvgIpc) is 2.34. The summed E-state index contributed by atoms with van der Waals surface area (Å²) in [5.41, 5.74) is 0. The van der Waals surface area contributed by atoms with Crippen LogP contribution < -0.4 is 10.1 Å². The summed E-state index contributed by atoms with van der Waals surface area (Å²) < 4.78 is 28.5. The topological polar surface area (TPSA) is 55.4 Å². The van der Waals surface area contributed by atoms with Gasteiger partial charge >= 0.3 is 0 Å². The quantitative estimate of drug-likeness (QED) is 0.728. The molecule has 0 aromatic heterocycles. The van der Waals surface area contributed by atoms with Gasteiger partial charge < -0.3 is 10.1 Å². The van der Waals surface area contributed by atoms with E-state index in [1.165, 1.54) is 0 Å². The monoisotopic (exact) mass is 271 g/mol. The summed E-state index contributed by atoms with van der Waals surface area (Å²) in [5, 5.41) is 2.76. The number of hydrogen-bond acceptors (Lipinski definition) is 4. The lowest BCUT2D eigenvalue weighted by atomic mass is 10.3. The highest BCUT2D eigenvalue weighted by molar-refractivity contribution is 7.92. The fourth-order valence-corrected chi connectivity index (χ4v) is 2.23. The Bertz CT molecular complexity index is 429. The van der Waals surface area contributed by atoms with Crippen LogP contribution in [0.5, 0.6) is 5.75 Å². The predicted molar refractivity (Wildman–Crippen MR) is 73.7 cm³/mol. The second-order valence-corrected chi connectivity index (χ2v) is 7.00. The van der Waals surface area contributed by atoms with Crippen molar-refractivity contribution in [1.29, 1.82) is 0 Å². The molecular weight excluding hydrogens is 250 g/mol. The van der Waals surface area contributed by atoms with E-state index >= 15 is 0 Å². The molecule has 1 rings (SSSR count). The zero-order valence-corrected chi connectivity index (χ0v) is 11.7. The van der Waals surface area contributed by atoms with Crippen molar-refractivity contribution in [2.45, 2.75) is 19.1 Å². The molecule has 4 nitrogen and oxygen atoms in total. The largest absolute Gasteiger partial charge is 0.492 e. The lowest BCUT2D eigenvalue weighted by molar-refractivity contribution is 0.315. The van der Waals surface area contributed by atoms with E-state index in [1.807, 2.05) is 30.3 Å². The Balaban J connectivity index is 2.10. The van der Waals surface area contributed by atoms with Gasteiger partial charge in [0.1, 0.15) is 12.4 Å². The van der Waals surface area contributed by atoms with E-state index < -0.39 is 9.84 Å². The summed E-state index contributed by atoms with van der Waals surface area (Å²) in [6.07, 6.45) is 0. The van der Waals surface area contributed by atoms with Crippen molar-refractivity contribution >= 4 is 9.84 Å². The van der Waals surface area contributed by atoms with E-state index in [1.54, 1.807) is 13.8 Å². The summed E-state index contributed by atoms with van der Waals surface area (Å²) >= 11 is 0. The van der Waals surface area contributed by atoms with Crippen molar-refractivity contribution in [3.63, 3.8) is 0 Å². The normalized spacial score (nSPS) is 11.7. The molecule has 0 fully saturated rings. The van der Waals surface area contributed by atoms with Gasteiger partial charge in [0.05, 0.1) is 11.0 Å². The molecule has 5 heteroatoms. The van der Waals surface area contributed by atoms with E-state index in [9.17, 15) is 8.42 Å². The van der Waals surface area contributed by atoms with Crippen molar-refractivity contribution < 1.29 is 13.2 Å². The maximum absolute atomic E-state index is 11.5. The Labute approximate surface area is 109 Å². The highest BCUT2D eigenvalue weighted by Crippen LogP contribution is 2.07. The smallest absolute Gasteiger partial charge is 0.153 e. The molecule has 0 saturated heterocycles. The van der Waals surface area contributed by atoms with Gasteiger partial charge in [-0.2, -0.15) is 0 Å². The number of sulfone groups is 1. The van der Waals surface area contributed by atoms with Crippen LogP contribution in [0.25, 0.3) is 0 Å². The lowest BCUT2D eigenvalue weighted by Crippen LogP contribution is -2.29. The van der Waals surface area contributed by atoms with E-state index in [-0.39, 0.29) is 11.0 Å². The fraction of sp³-hybridized carbons (Fsp3) is 0.538. The zero-order chi connectivity index (χ0) is 13.4. The van der Waals surface area contributed by atoms with E-state index in [4.69, 9.17) is 4.74 Å². The Morgan fingerprint density at radius 3 is 2.44 bits per heavy atom. The molecule has 18 heavy (non-hydrogen) atoms. The molecule has 0 spiro atoms. The van der Waals surface area contributed by atoms with E-state index in [0.717, 1.165) is 5.75 Å². The number of nitrogens with one attached hydrogen (secondary N) is 1. The molecule has 0 unspecified atom stereocenters. The third kappa shape index (κ3) is 5.51. The summed E-state index contributed by atoms with van der Waals surface area (Å²) in [6.45, 7) is 5.05. The summed E-state index contributed by atoms with van der Waals surface area (Å²) in [5.74, 6) is 1.00. The third-order valence-electron chi connectivity index (χ3n) is 2.57. The average molecular weight is 271 g/mol. The van der Waals surface area contributed by atoms with Crippen LogP contribution in [-0.2, 0) is 9.84 Å². The molecule has 1 aromatic rings. The van der Waals surface area contributed by atoms with Crippen molar-refractivity contribution in [3.05, 3.63) is 30.3 Å². The first kappa shape index (κ1) is 15.0. The van der Waals surface area contributed by atoms with Crippen LogP contribution in [0.3, 0.4) is 0 Å². The highest BCUT2D eigenvalue weighted by Gasteiger charge is 2.14. The molecule has 0 saturated carbocycles. The minimum absolute atomic E-state index is 0.177. The number of ether oxygens (including phenoxy) is 1. The highest BCUT2D eigenvalue weighted by atomic mass is 32.2. The van der Waals surface area contributed by atoms with Crippen LogP contribution in [-0.4, -0.2) is 39.1 Å². The van der Waals surface area contributed by atoms with E-state index in [2.05, 4.69) is 5.32 Å². The minimum atomic E-state index is -2.94. The standard InChI is InChI=1S/C13H21NO3S/c1-12(2)18(15,16)11-9-14-8-10-17-13-6-4-3-5-7-13/h3-7,12,14H,8-11H2,1-2H3. The second kappa shape index (κ2) is 7.38. The maximum Gasteiger partial charge on any atom is 0.153 e. The van der Waals surface area contributed by atoms with Crippen LogP contribution in [0.2, 0.25) is 0 Å². The summed E-state index contributed by atoms with van der Waals surface area (Å²) in [7, 11) is -2.94. The predicted octanol–water partition coefficient (Wildman–Crippen LogP) is 1.48. The molecule has 0 bridgehead atoms. The van der Waals surface area contributed by atoms with Crippen LogP contribution in [0.15, 0.2) is 30.3 Å². The zero-order valence-electron chi connectivity index (χ0n) is 10.9. The van der Waals surface area contributed by atoms with E-state index in [0.29, 0.717) is 19.7 Å². The SMILES string of the molecule is CC(C)S(=O)(=O)CCNCCOc1ccccc1. The van der Waals surface area contributed by atoms with Gasteiger partial charge in [-0.15, -0.1) is 0 Å². The molecule has 0 radical (unpaired) electrons. The third-order valence-corrected chi connectivity index (χ3v) is 4.78. The van der Waals surface area contributed by atoms with Crippen LogP contribution in [0, 0.1) is 0 Å². The van der Waals surface area contributed by atoms with Crippen molar-refractivity contribution in [1.82, 2.24) is 5.32 Å². The fourth-order valence-electron chi connectivity index (χ4n) is 1.33. The molecule has 0 amide bonds. The summed E-state index contributed by atoms with van der Waals surface area (Å²) in [4.78, 5) is 0. The first-order chi connectivity index (χ1) is 8.52. The Hall–Kier alpha value is -1.07. The number of rotatable bonds is 8. The Morgan fingerprint density at radius 1 is 1.17 bits per heavy atom. The number of benzene rings is 1. The molecule has 0 heterocycles. The molecule has 1 N–H and O–H groups in total. The van der Waals surface area contributed by atoms with Gasteiger partial charge in [-0.3, -0.25) is 0 Å². The van der Waals surface area contributed by atoms with Gasteiger partial charge in [0.15, 0.2) is 9.84 Å². The van der Waals surface area contributed by atoms with Crippen molar-refractivity contribution in [3.8, 4) is 5.75 Å². The maximum atomic E-state index is 11.5. The van der Waals surface area contributed by atoms with Crippen LogP contribution in [0.4, 0.5) is 0 Å². The lowest BCUT2D eigenvalue weighted by Gasteiger charge is -2.09. The summed E-state index contributed by atoms with van der Waals surface area (Å²) in [6, 6.07) is 9.55. The van der Waals surface area contributed by atoms with Gasteiger partial charge in [0.2, 0.25) is 0 Å². The van der Waals surface area contributed by atoms with Crippen LogP contribution >= 0.6 is 0 Å². The van der Waals surface area contributed by atoms with Gasteiger partial charge in [0, 0.05) is 13.1 Å². The van der Waals surface area contributed by atoms with Crippen LogP contribution in [0.1, 0.15) is 13.8 Å². The Morgan fingerprint density at radius 2 is 1.83 bits per heavy atom. The Kier molecular flexibility index (Phi) is 6.15. The van der Waals surface area contributed by atoms with Gasteiger partial charge in [-0.1, -0.05) is 18.2 Å². The second-order valence-electron chi connectivity index (χ2n) is 4.33. The molecule has 0 atom stereocenters. The first-order valence-electron chi connectivity index (χ1n) is 6.12. The van der Waals surface area contributed by atoms with Gasteiger partial charge in [-0.05, 0) is 26.0 Å². The van der Waals surface area contributed by atoms with Crippen molar-refractivity contribution in [2.75, 3.05) is 25.4 Å². The minimum Gasteiger partial charge on any atom is -0.492 e. The molecule has 1 aromatic carbocycles. The molecule has 102 valence electrons. The number of para-hydroxylation sites is 1. The van der Waals surface area contributed by atoms with Crippen molar-refractivity contribution in [2.24, 2.45) is 0 Å². The first-order valence-corrected chi connectivity index (χ1v) is 7.84. The molecule has 0 aliphatic heterocycles. The van der Waals surface area contributed by atoms with Gasteiger partial charge in [-0.25, -0.2) is 8.42 Å². The molecule has 0 aliphatic carbocycles. The molecule has 0 aliphatic rings. The van der Waals surface area contributed by atoms with Gasteiger partial charge in [0.25, 0.3) is 0 Å².